The van der Waals surface area contributed by atoms with E-state index in [1.165, 1.54) is 6.08 Å². The molecular formula is C19H24O5. The van der Waals surface area contributed by atoms with Crippen LogP contribution in [0.2, 0.25) is 0 Å². The second kappa shape index (κ2) is 11.9. The lowest BCUT2D eigenvalue weighted by Gasteiger charge is -2.03. The van der Waals surface area contributed by atoms with Crippen molar-refractivity contribution in [3.8, 4) is 5.75 Å². The van der Waals surface area contributed by atoms with Gasteiger partial charge in [-0.15, -0.1) is 0 Å². The molecule has 0 aliphatic heterocycles. The molecule has 0 N–H and O–H groups in total. The van der Waals surface area contributed by atoms with E-state index in [0.717, 1.165) is 43.1 Å². The van der Waals surface area contributed by atoms with Crippen LogP contribution in [0.5, 0.6) is 5.75 Å². The fourth-order valence-electron chi connectivity index (χ4n) is 1.89. The van der Waals surface area contributed by atoms with Crippen molar-refractivity contribution in [2.75, 3.05) is 20.3 Å². The van der Waals surface area contributed by atoms with Crippen molar-refractivity contribution in [1.82, 2.24) is 0 Å². The Morgan fingerprint density at radius 2 is 1.54 bits per heavy atom. The minimum atomic E-state index is -0.396. The Hall–Kier alpha value is -2.56. The van der Waals surface area contributed by atoms with Gasteiger partial charge >= 0.3 is 11.9 Å². The number of esters is 2. The molecule has 0 unspecified atom stereocenters. The molecule has 130 valence electrons. The van der Waals surface area contributed by atoms with Gasteiger partial charge in [-0.1, -0.05) is 18.7 Å². The largest absolute Gasteiger partial charge is 0.497 e. The van der Waals surface area contributed by atoms with Gasteiger partial charge in [0, 0.05) is 12.2 Å². The average molecular weight is 332 g/mol. The molecule has 0 bridgehead atoms. The number of benzene rings is 1. The van der Waals surface area contributed by atoms with Gasteiger partial charge in [-0.05, 0) is 49.5 Å². The van der Waals surface area contributed by atoms with Crippen molar-refractivity contribution < 1.29 is 23.8 Å². The first-order valence-corrected chi connectivity index (χ1v) is 7.94. The van der Waals surface area contributed by atoms with E-state index in [9.17, 15) is 9.59 Å². The van der Waals surface area contributed by atoms with Crippen molar-refractivity contribution in [1.29, 1.82) is 0 Å². The van der Waals surface area contributed by atoms with E-state index in [1.54, 1.807) is 13.2 Å². The van der Waals surface area contributed by atoms with E-state index in [4.69, 9.17) is 14.2 Å². The fraction of sp³-hybridized carbons (Fsp3) is 0.368. The number of hydrogen-bond donors (Lipinski definition) is 0. The molecular weight excluding hydrogens is 308 g/mol. The molecule has 0 saturated heterocycles. The molecule has 1 aromatic carbocycles. The average Bonchev–Trinajstić information content (AvgIpc) is 2.62. The summed E-state index contributed by atoms with van der Waals surface area (Å²) in [6.07, 6.45) is 7.69. The molecule has 1 aromatic rings. The third kappa shape index (κ3) is 8.78. The molecule has 0 radical (unpaired) electrons. The summed E-state index contributed by atoms with van der Waals surface area (Å²) in [4.78, 5) is 22.4. The van der Waals surface area contributed by atoms with Crippen LogP contribution in [0, 0.1) is 0 Å². The Kier molecular flexibility index (Phi) is 9.69. The number of rotatable bonds is 11. The highest BCUT2D eigenvalue weighted by Crippen LogP contribution is 2.12. The van der Waals surface area contributed by atoms with Crippen molar-refractivity contribution in [2.45, 2.75) is 25.7 Å². The van der Waals surface area contributed by atoms with Crippen LogP contribution in [0.4, 0.5) is 0 Å². The Labute approximate surface area is 142 Å². The van der Waals surface area contributed by atoms with Crippen LogP contribution in [-0.2, 0) is 19.1 Å². The highest BCUT2D eigenvalue weighted by molar-refractivity contribution is 5.87. The molecule has 0 amide bonds. The monoisotopic (exact) mass is 332 g/mol. The number of methoxy groups -OCH3 is 1. The number of carbonyl (C=O) groups is 2. The molecule has 1 rings (SSSR count). The molecule has 5 nitrogen and oxygen atoms in total. The van der Waals surface area contributed by atoms with E-state index >= 15 is 0 Å². The summed E-state index contributed by atoms with van der Waals surface area (Å²) < 4.78 is 15.1. The number of unbranched alkanes of at least 4 members (excludes halogenated alkanes) is 3. The summed E-state index contributed by atoms with van der Waals surface area (Å²) in [6, 6.07) is 7.39. The van der Waals surface area contributed by atoms with E-state index < -0.39 is 5.97 Å². The molecule has 0 heterocycles. The van der Waals surface area contributed by atoms with Gasteiger partial charge in [0.1, 0.15) is 5.75 Å². The maximum absolute atomic E-state index is 11.6. The Morgan fingerprint density at radius 3 is 2.08 bits per heavy atom. The summed E-state index contributed by atoms with van der Waals surface area (Å²) in [5, 5.41) is 0. The highest BCUT2D eigenvalue weighted by Gasteiger charge is 1.99. The van der Waals surface area contributed by atoms with Gasteiger partial charge in [-0.2, -0.15) is 0 Å². The molecule has 0 aromatic heterocycles. The zero-order chi connectivity index (χ0) is 17.6. The summed E-state index contributed by atoms with van der Waals surface area (Å²) >= 11 is 0. The van der Waals surface area contributed by atoms with Gasteiger partial charge in [0.2, 0.25) is 0 Å². The summed E-state index contributed by atoms with van der Waals surface area (Å²) in [5.41, 5.74) is 0.904. The highest BCUT2D eigenvalue weighted by atomic mass is 16.5. The molecule has 24 heavy (non-hydrogen) atoms. The van der Waals surface area contributed by atoms with Gasteiger partial charge in [0.15, 0.2) is 0 Å². The minimum absolute atomic E-state index is 0.356. The van der Waals surface area contributed by atoms with Crippen molar-refractivity contribution in [2.24, 2.45) is 0 Å². The number of carbonyl (C=O) groups excluding carboxylic acids is 2. The Bertz CT molecular complexity index is 545. The van der Waals surface area contributed by atoms with Crippen molar-refractivity contribution in [3.63, 3.8) is 0 Å². The Morgan fingerprint density at radius 1 is 0.958 bits per heavy atom. The van der Waals surface area contributed by atoms with Gasteiger partial charge in [0.05, 0.1) is 20.3 Å². The van der Waals surface area contributed by atoms with Gasteiger partial charge < -0.3 is 14.2 Å². The summed E-state index contributed by atoms with van der Waals surface area (Å²) in [5.74, 6) is 0.0206. The van der Waals surface area contributed by atoms with E-state index in [2.05, 4.69) is 6.58 Å². The minimum Gasteiger partial charge on any atom is -0.497 e. The summed E-state index contributed by atoms with van der Waals surface area (Å²) in [7, 11) is 1.61. The van der Waals surface area contributed by atoms with Crippen LogP contribution >= 0.6 is 0 Å². The predicted molar refractivity (Wildman–Crippen MR) is 92.6 cm³/mol. The molecule has 0 saturated carbocycles. The lowest BCUT2D eigenvalue weighted by atomic mass is 10.2. The first kappa shape index (κ1) is 19.5. The molecule has 0 aliphatic rings. The zero-order valence-electron chi connectivity index (χ0n) is 14.0. The second-order valence-corrected chi connectivity index (χ2v) is 5.06. The third-order valence-corrected chi connectivity index (χ3v) is 3.22. The van der Waals surface area contributed by atoms with Crippen LogP contribution < -0.4 is 4.74 Å². The first-order valence-electron chi connectivity index (χ1n) is 7.94. The third-order valence-electron chi connectivity index (χ3n) is 3.22. The van der Waals surface area contributed by atoms with Crippen LogP contribution in [0.25, 0.3) is 6.08 Å². The molecule has 5 heteroatoms. The zero-order valence-corrected chi connectivity index (χ0v) is 14.0. The van der Waals surface area contributed by atoms with Crippen molar-refractivity contribution in [3.05, 3.63) is 48.6 Å². The lowest BCUT2D eigenvalue weighted by molar-refractivity contribution is -0.139. The predicted octanol–water partition coefficient (Wildman–Crippen LogP) is 3.54. The topological polar surface area (TPSA) is 61.8 Å². The van der Waals surface area contributed by atoms with Gasteiger partial charge in [0.25, 0.3) is 0 Å². The quantitative estimate of drug-likeness (QED) is 0.352. The first-order chi connectivity index (χ1) is 11.7. The standard InChI is InChI=1S/C19H24O5/c1-3-18(20)23-14-6-4-5-7-15-24-19(21)13-10-16-8-11-17(22-2)12-9-16/h3,8-13H,1,4-7,14-15H2,2H3. The molecule has 0 fully saturated rings. The Balaban J connectivity index is 2.08. The van der Waals surface area contributed by atoms with Crippen LogP contribution in [0.15, 0.2) is 43.0 Å². The van der Waals surface area contributed by atoms with Gasteiger partial charge in [-0.3, -0.25) is 0 Å². The van der Waals surface area contributed by atoms with E-state index in [-0.39, 0.29) is 5.97 Å². The molecule has 0 spiro atoms. The maximum atomic E-state index is 11.6. The van der Waals surface area contributed by atoms with Crippen LogP contribution in [0.3, 0.4) is 0 Å². The molecule has 0 atom stereocenters. The van der Waals surface area contributed by atoms with E-state index in [0.29, 0.717) is 13.2 Å². The fourth-order valence-corrected chi connectivity index (χ4v) is 1.89. The second-order valence-electron chi connectivity index (χ2n) is 5.06. The normalized spacial score (nSPS) is 10.4. The lowest BCUT2D eigenvalue weighted by Crippen LogP contribution is -2.03. The van der Waals surface area contributed by atoms with Crippen LogP contribution in [0.1, 0.15) is 31.2 Å². The summed E-state index contributed by atoms with van der Waals surface area (Å²) in [6.45, 7) is 4.11. The number of ether oxygens (including phenoxy) is 3. The number of hydrogen-bond acceptors (Lipinski definition) is 5. The van der Waals surface area contributed by atoms with Gasteiger partial charge in [-0.25, -0.2) is 9.59 Å². The van der Waals surface area contributed by atoms with Crippen molar-refractivity contribution >= 4 is 18.0 Å². The maximum Gasteiger partial charge on any atom is 0.330 e. The molecule has 0 aliphatic carbocycles. The smallest absolute Gasteiger partial charge is 0.330 e. The van der Waals surface area contributed by atoms with Crippen LogP contribution in [-0.4, -0.2) is 32.3 Å². The SMILES string of the molecule is C=CC(=O)OCCCCCCOC(=O)C=Cc1ccc(OC)cc1. The van der Waals surface area contributed by atoms with E-state index in [1.807, 2.05) is 24.3 Å².